The van der Waals surface area contributed by atoms with Crippen LogP contribution in [-0.2, 0) is 6.42 Å². The van der Waals surface area contributed by atoms with Gasteiger partial charge in [0.05, 0.1) is 16.7 Å². The number of allylic oxidation sites excluding steroid dienone is 1. The molecule has 2 aromatic rings. The highest BCUT2D eigenvalue weighted by Gasteiger charge is 2.15. The third-order valence-electron chi connectivity index (χ3n) is 3.44. The van der Waals surface area contributed by atoms with Gasteiger partial charge in [-0.05, 0) is 42.3 Å². The fourth-order valence-corrected chi connectivity index (χ4v) is 2.22. The van der Waals surface area contributed by atoms with Crippen molar-refractivity contribution in [2.24, 2.45) is 0 Å². The Balaban J connectivity index is 2.25. The lowest BCUT2D eigenvalue weighted by Crippen LogP contribution is -2.10. The van der Waals surface area contributed by atoms with Crippen LogP contribution in [0.3, 0.4) is 0 Å². The van der Waals surface area contributed by atoms with Gasteiger partial charge in [0.1, 0.15) is 30.2 Å². The Hall–Kier alpha value is -3.83. The van der Waals surface area contributed by atoms with E-state index < -0.39 is 5.97 Å². The van der Waals surface area contributed by atoms with Gasteiger partial charge in [-0.2, -0.15) is 10.5 Å². The number of hydrogen-bond donors (Lipinski definition) is 0. The fourth-order valence-electron chi connectivity index (χ4n) is 2.22. The van der Waals surface area contributed by atoms with Gasteiger partial charge in [-0.15, -0.1) is 6.58 Å². The topological polar surface area (TPSA) is 83.1 Å². The van der Waals surface area contributed by atoms with E-state index in [1.807, 2.05) is 12.1 Å². The quantitative estimate of drug-likeness (QED) is 0.431. The molecule has 0 radical (unpaired) electrons. The smallest absolute Gasteiger partial charge is 0.343 e. The molecule has 0 aliphatic carbocycles. The highest BCUT2D eigenvalue weighted by molar-refractivity contribution is 5.92. The van der Waals surface area contributed by atoms with Crippen molar-refractivity contribution in [2.45, 2.75) is 6.42 Å². The first-order chi connectivity index (χ1) is 12.6. The monoisotopic (exact) mass is 344 g/mol. The molecular weight excluding hydrogens is 328 g/mol. The van der Waals surface area contributed by atoms with Crippen molar-refractivity contribution in [3.63, 3.8) is 0 Å². The number of nitrogens with zero attached hydrogens (tertiary/aromatic N) is 2. The minimum Gasteiger partial charge on any atom is -0.488 e. The van der Waals surface area contributed by atoms with E-state index in [2.05, 4.69) is 13.2 Å². The summed E-state index contributed by atoms with van der Waals surface area (Å²) in [6.45, 7) is 7.45. The maximum atomic E-state index is 12.4. The molecule has 128 valence electrons. The summed E-state index contributed by atoms with van der Waals surface area (Å²) >= 11 is 0. The Morgan fingerprint density at radius 2 is 1.69 bits per heavy atom. The number of hydrogen-bond acceptors (Lipinski definition) is 5. The number of carbonyl (C=O) groups excluding carboxylic acids is 1. The van der Waals surface area contributed by atoms with E-state index in [4.69, 9.17) is 9.47 Å². The van der Waals surface area contributed by atoms with E-state index in [0.29, 0.717) is 12.2 Å². The molecule has 0 aromatic heterocycles. The van der Waals surface area contributed by atoms with Gasteiger partial charge in [-0.1, -0.05) is 24.8 Å². The molecule has 2 rings (SSSR count). The van der Waals surface area contributed by atoms with Crippen LogP contribution in [0.25, 0.3) is 0 Å². The maximum Gasteiger partial charge on any atom is 0.343 e. The molecule has 0 fully saturated rings. The van der Waals surface area contributed by atoms with Crippen molar-refractivity contribution in [3.8, 4) is 23.6 Å². The van der Waals surface area contributed by atoms with Gasteiger partial charge in [0.2, 0.25) is 0 Å². The molecule has 0 amide bonds. The van der Waals surface area contributed by atoms with Gasteiger partial charge in [0, 0.05) is 0 Å². The van der Waals surface area contributed by atoms with Crippen LogP contribution in [0, 0.1) is 22.7 Å². The van der Waals surface area contributed by atoms with E-state index in [9.17, 15) is 15.3 Å². The summed E-state index contributed by atoms with van der Waals surface area (Å²) in [4.78, 5) is 12.4. The molecule has 0 bridgehead atoms. The lowest BCUT2D eigenvalue weighted by Gasteiger charge is -2.09. The molecule has 5 heteroatoms. The van der Waals surface area contributed by atoms with Gasteiger partial charge < -0.3 is 9.47 Å². The van der Waals surface area contributed by atoms with Gasteiger partial charge in [0.25, 0.3) is 0 Å². The highest BCUT2D eigenvalue weighted by atomic mass is 16.5. The molecule has 5 nitrogen and oxygen atoms in total. The molecule has 0 saturated heterocycles. The Morgan fingerprint density at radius 3 is 2.35 bits per heavy atom. The second-order valence-electron chi connectivity index (χ2n) is 5.25. The lowest BCUT2D eigenvalue weighted by atomic mass is 10.1. The van der Waals surface area contributed by atoms with Gasteiger partial charge in [-0.3, -0.25) is 0 Å². The van der Waals surface area contributed by atoms with E-state index in [-0.39, 0.29) is 29.0 Å². The van der Waals surface area contributed by atoms with E-state index in [1.54, 1.807) is 30.4 Å². The molecule has 0 saturated carbocycles. The van der Waals surface area contributed by atoms with E-state index in [0.717, 1.165) is 5.56 Å². The predicted octanol–water partition coefficient (Wildman–Crippen LogP) is 3.94. The zero-order valence-electron chi connectivity index (χ0n) is 14.1. The van der Waals surface area contributed by atoms with Crippen LogP contribution < -0.4 is 9.47 Å². The number of carbonyl (C=O) groups is 1. The second-order valence-corrected chi connectivity index (χ2v) is 5.25. The van der Waals surface area contributed by atoms with Crippen molar-refractivity contribution in [1.29, 1.82) is 10.5 Å². The molecule has 2 aromatic carbocycles. The standard InChI is InChI=1S/C21H16N2O3/c1-3-5-15-6-8-20(17(11-15)13-22)26-21(24)16-7-9-19(25-10-4-2)18(12-16)14-23/h3-4,6-9,11-12H,1-2,5,10H2. The average Bonchev–Trinajstić information content (AvgIpc) is 2.67. The predicted molar refractivity (Wildman–Crippen MR) is 96.9 cm³/mol. The van der Waals surface area contributed by atoms with Gasteiger partial charge in [-0.25, -0.2) is 4.79 Å². The van der Waals surface area contributed by atoms with Crippen LogP contribution in [0.15, 0.2) is 61.7 Å². The molecule has 0 N–H and O–H groups in total. The van der Waals surface area contributed by atoms with Crippen LogP contribution in [0.5, 0.6) is 11.5 Å². The normalized spacial score (nSPS) is 9.46. The number of rotatable bonds is 7. The lowest BCUT2D eigenvalue weighted by molar-refractivity contribution is 0.0734. The zero-order valence-corrected chi connectivity index (χ0v) is 14.1. The van der Waals surface area contributed by atoms with Crippen LogP contribution in [0.1, 0.15) is 27.0 Å². The largest absolute Gasteiger partial charge is 0.488 e. The van der Waals surface area contributed by atoms with Crippen LogP contribution in [0.4, 0.5) is 0 Å². The molecule has 0 aliphatic rings. The first kappa shape index (κ1) is 18.5. The summed E-state index contributed by atoms with van der Waals surface area (Å²) in [5.41, 5.74) is 1.55. The molecular formula is C21H16N2O3. The fraction of sp³-hybridized carbons (Fsp3) is 0.0952. The summed E-state index contributed by atoms with van der Waals surface area (Å²) in [7, 11) is 0. The van der Waals surface area contributed by atoms with E-state index >= 15 is 0 Å². The summed E-state index contributed by atoms with van der Waals surface area (Å²) in [5, 5.41) is 18.5. The Bertz CT molecular complexity index is 933. The summed E-state index contributed by atoms with van der Waals surface area (Å²) in [6, 6.07) is 13.4. The van der Waals surface area contributed by atoms with Gasteiger partial charge >= 0.3 is 5.97 Å². The van der Waals surface area contributed by atoms with Crippen molar-refractivity contribution in [2.75, 3.05) is 6.61 Å². The molecule has 26 heavy (non-hydrogen) atoms. The molecule has 0 aliphatic heterocycles. The summed E-state index contributed by atoms with van der Waals surface area (Å²) in [5.74, 6) is -0.143. The van der Waals surface area contributed by atoms with Crippen molar-refractivity contribution < 1.29 is 14.3 Å². The summed E-state index contributed by atoms with van der Waals surface area (Å²) < 4.78 is 10.7. The van der Waals surface area contributed by atoms with Crippen molar-refractivity contribution in [3.05, 3.63) is 84.0 Å². The van der Waals surface area contributed by atoms with Crippen LogP contribution in [0.2, 0.25) is 0 Å². The number of benzene rings is 2. The number of ether oxygens (including phenoxy) is 2. The number of esters is 1. The number of nitriles is 2. The highest BCUT2D eigenvalue weighted by Crippen LogP contribution is 2.23. The SMILES string of the molecule is C=CCOc1ccc(C(=O)Oc2ccc(CC=C)cc2C#N)cc1C#N. The van der Waals surface area contributed by atoms with Crippen LogP contribution >= 0.6 is 0 Å². The van der Waals surface area contributed by atoms with E-state index in [1.165, 1.54) is 18.2 Å². The average molecular weight is 344 g/mol. The maximum absolute atomic E-state index is 12.4. The zero-order chi connectivity index (χ0) is 18.9. The second kappa shape index (κ2) is 8.86. The third-order valence-corrected chi connectivity index (χ3v) is 3.44. The van der Waals surface area contributed by atoms with Crippen molar-refractivity contribution >= 4 is 5.97 Å². The third kappa shape index (κ3) is 4.37. The first-order valence-corrected chi connectivity index (χ1v) is 7.76. The minimum absolute atomic E-state index is 0.163. The Kier molecular flexibility index (Phi) is 6.31. The Labute approximate surface area is 152 Å². The molecule has 0 unspecified atom stereocenters. The molecule has 0 heterocycles. The molecule has 0 atom stereocenters. The Morgan fingerprint density at radius 1 is 1.00 bits per heavy atom. The minimum atomic E-state index is -0.662. The first-order valence-electron chi connectivity index (χ1n) is 7.76. The molecule has 0 spiro atoms. The summed E-state index contributed by atoms with van der Waals surface area (Å²) in [6.07, 6.45) is 3.89. The van der Waals surface area contributed by atoms with Crippen molar-refractivity contribution in [1.82, 2.24) is 0 Å². The van der Waals surface area contributed by atoms with Crippen LogP contribution in [-0.4, -0.2) is 12.6 Å². The van der Waals surface area contributed by atoms with Gasteiger partial charge in [0.15, 0.2) is 0 Å².